The first-order chi connectivity index (χ1) is 8.65. The predicted molar refractivity (Wildman–Crippen MR) is 66.1 cm³/mol. The number of carbonyl (C=O) groups is 4. The number of hydrogen-bond acceptors (Lipinski definition) is 4. The molecule has 3 atom stereocenters. The summed E-state index contributed by atoms with van der Waals surface area (Å²) in [5.41, 5.74) is 0. The van der Waals surface area contributed by atoms with E-state index in [1.807, 2.05) is 0 Å². The van der Waals surface area contributed by atoms with E-state index in [1.165, 1.54) is 27.7 Å². The van der Waals surface area contributed by atoms with Crippen LogP contribution in [0.4, 0.5) is 0 Å². The largest absolute Gasteiger partial charge is 0.480 e. The minimum atomic E-state index is -1.17. The van der Waals surface area contributed by atoms with Crippen molar-refractivity contribution in [3.8, 4) is 0 Å². The second kappa shape index (κ2) is 7.34. The molecule has 0 saturated carbocycles. The average Bonchev–Trinajstić information content (AvgIpc) is 2.27. The van der Waals surface area contributed by atoms with Crippen LogP contribution in [0.2, 0.25) is 0 Å². The first-order valence-electron chi connectivity index (χ1n) is 5.75. The summed E-state index contributed by atoms with van der Waals surface area (Å²) < 4.78 is 0. The molecule has 0 radical (unpaired) electrons. The molecular formula is C11H19N3O5. The van der Waals surface area contributed by atoms with Crippen molar-refractivity contribution in [2.24, 2.45) is 0 Å². The van der Waals surface area contributed by atoms with Crippen molar-refractivity contribution >= 4 is 23.7 Å². The zero-order valence-electron chi connectivity index (χ0n) is 11.3. The van der Waals surface area contributed by atoms with Gasteiger partial charge in [-0.25, -0.2) is 0 Å². The lowest BCUT2D eigenvalue weighted by molar-refractivity contribution is -0.141. The molecule has 3 amide bonds. The molecule has 2 unspecified atom stereocenters. The molecule has 0 saturated heterocycles. The summed E-state index contributed by atoms with van der Waals surface area (Å²) >= 11 is 0. The number of carboxylic acid groups (broad SMARTS) is 1. The van der Waals surface area contributed by atoms with Crippen molar-refractivity contribution in [1.82, 2.24) is 16.0 Å². The van der Waals surface area contributed by atoms with Gasteiger partial charge in [-0.15, -0.1) is 0 Å². The predicted octanol–water partition coefficient (Wildman–Crippen LogP) is -1.39. The van der Waals surface area contributed by atoms with E-state index in [0.717, 1.165) is 0 Å². The Morgan fingerprint density at radius 1 is 0.789 bits per heavy atom. The van der Waals surface area contributed by atoms with E-state index < -0.39 is 35.9 Å². The Hall–Kier alpha value is -2.12. The summed E-state index contributed by atoms with van der Waals surface area (Å²) in [5, 5.41) is 15.6. The normalized spacial score (nSPS) is 14.7. The lowest BCUT2D eigenvalue weighted by atomic mass is 10.2. The molecule has 0 aliphatic heterocycles. The second-order valence-corrected chi connectivity index (χ2v) is 4.22. The van der Waals surface area contributed by atoms with Crippen LogP contribution in [-0.4, -0.2) is 46.9 Å². The highest BCUT2D eigenvalue weighted by Crippen LogP contribution is 1.90. The lowest BCUT2D eigenvalue weighted by Gasteiger charge is -2.18. The molecule has 0 aromatic rings. The maximum absolute atomic E-state index is 11.6. The van der Waals surface area contributed by atoms with Crippen LogP contribution in [0.1, 0.15) is 27.7 Å². The third kappa shape index (κ3) is 6.39. The standard InChI is InChI=1S/C11H19N3O5/c1-5(12-8(4)15)9(16)13-6(2)10(17)14-7(3)11(18)19/h5-7H,1-4H3,(H,12,15)(H,13,16)(H,14,17)(H,18,19)/t5-,6?,7?/m0/s1. The van der Waals surface area contributed by atoms with Crippen LogP contribution in [0.3, 0.4) is 0 Å². The second-order valence-electron chi connectivity index (χ2n) is 4.22. The van der Waals surface area contributed by atoms with Gasteiger partial charge < -0.3 is 21.1 Å². The fourth-order valence-corrected chi connectivity index (χ4v) is 1.17. The molecule has 8 nitrogen and oxygen atoms in total. The highest BCUT2D eigenvalue weighted by molar-refractivity contribution is 5.92. The molecule has 4 N–H and O–H groups in total. The Morgan fingerprint density at radius 3 is 1.53 bits per heavy atom. The van der Waals surface area contributed by atoms with Gasteiger partial charge in [0.25, 0.3) is 0 Å². The van der Waals surface area contributed by atoms with Crippen LogP contribution in [0.25, 0.3) is 0 Å². The lowest BCUT2D eigenvalue weighted by Crippen LogP contribution is -2.53. The Bertz CT molecular complexity index is 383. The summed E-state index contributed by atoms with van der Waals surface area (Å²) in [7, 11) is 0. The van der Waals surface area contributed by atoms with Gasteiger partial charge in [0.05, 0.1) is 0 Å². The minimum absolute atomic E-state index is 0.362. The topological polar surface area (TPSA) is 125 Å². The molecule has 0 bridgehead atoms. The molecular weight excluding hydrogens is 254 g/mol. The van der Waals surface area contributed by atoms with Crippen molar-refractivity contribution in [3.63, 3.8) is 0 Å². The van der Waals surface area contributed by atoms with Crippen LogP contribution in [-0.2, 0) is 19.2 Å². The highest BCUT2D eigenvalue weighted by atomic mass is 16.4. The van der Waals surface area contributed by atoms with Gasteiger partial charge in [0, 0.05) is 6.92 Å². The summed E-state index contributed by atoms with van der Waals surface area (Å²) in [5.74, 6) is -2.67. The molecule has 0 aliphatic rings. The summed E-state index contributed by atoms with van der Waals surface area (Å²) in [6.07, 6.45) is 0. The van der Waals surface area contributed by atoms with Crippen LogP contribution >= 0.6 is 0 Å². The molecule has 19 heavy (non-hydrogen) atoms. The van der Waals surface area contributed by atoms with E-state index in [-0.39, 0.29) is 5.91 Å². The van der Waals surface area contributed by atoms with E-state index in [1.54, 1.807) is 0 Å². The summed E-state index contributed by atoms with van der Waals surface area (Å²) in [6.45, 7) is 5.48. The third-order valence-electron chi connectivity index (χ3n) is 2.29. The quantitative estimate of drug-likeness (QED) is 0.474. The molecule has 0 heterocycles. The molecule has 0 aromatic heterocycles. The van der Waals surface area contributed by atoms with Crippen molar-refractivity contribution in [1.29, 1.82) is 0 Å². The van der Waals surface area contributed by atoms with Gasteiger partial charge in [-0.05, 0) is 20.8 Å². The fraction of sp³-hybridized carbons (Fsp3) is 0.636. The number of amides is 3. The van der Waals surface area contributed by atoms with Crippen molar-refractivity contribution in [3.05, 3.63) is 0 Å². The Kier molecular flexibility index (Phi) is 6.53. The third-order valence-corrected chi connectivity index (χ3v) is 2.29. The molecule has 0 rings (SSSR count). The first kappa shape index (κ1) is 16.9. The first-order valence-corrected chi connectivity index (χ1v) is 5.75. The van der Waals surface area contributed by atoms with Crippen molar-refractivity contribution in [2.75, 3.05) is 0 Å². The molecule has 8 heteroatoms. The number of carbonyl (C=O) groups excluding carboxylic acids is 3. The maximum atomic E-state index is 11.6. The number of nitrogens with one attached hydrogen (secondary N) is 3. The fourth-order valence-electron chi connectivity index (χ4n) is 1.17. The molecule has 108 valence electrons. The van der Waals surface area contributed by atoms with Crippen LogP contribution in [0, 0.1) is 0 Å². The van der Waals surface area contributed by atoms with Gasteiger partial charge >= 0.3 is 5.97 Å². The highest BCUT2D eigenvalue weighted by Gasteiger charge is 2.22. The van der Waals surface area contributed by atoms with Gasteiger partial charge in [-0.3, -0.25) is 19.2 Å². The van der Waals surface area contributed by atoms with Crippen LogP contribution in [0.15, 0.2) is 0 Å². The maximum Gasteiger partial charge on any atom is 0.325 e. The number of rotatable bonds is 6. The van der Waals surface area contributed by atoms with Gasteiger partial charge in [0.15, 0.2) is 0 Å². The summed E-state index contributed by atoms with van der Waals surface area (Å²) in [4.78, 5) is 44.5. The Morgan fingerprint density at radius 2 is 1.16 bits per heavy atom. The molecule has 0 aliphatic carbocycles. The van der Waals surface area contributed by atoms with Crippen molar-refractivity contribution in [2.45, 2.75) is 45.8 Å². The molecule has 0 spiro atoms. The summed E-state index contributed by atoms with van der Waals surface area (Å²) in [6, 6.07) is -2.71. The van der Waals surface area contributed by atoms with E-state index >= 15 is 0 Å². The number of aliphatic carboxylic acids is 1. The van der Waals surface area contributed by atoms with Crippen LogP contribution in [0.5, 0.6) is 0 Å². The van der Waals surface area contributed by atoms with Crippen molar-refractivity contribution < 1.29 is 24.3 Å². The zero-order chi connectivity index (χ0) is 15.2. The zero-order valence-corrected chi connectivity index (χ0v) is 11.3. The average molecular weight is 273 g/mol. The van der Waals surface area contributed by atoms with Crippen LogP contribution < -0.4 is 16.0 Å². The van der Waals surface area contributed by atoms with Gasteiger partial charge in [0.1, 0.15) is 18.1 Å². The van der Waals surface area contributed by atoms with E-state index in [2.05, 4.69) is 16.0 Å². The minimum Gasteiger partial charge on any atom is -0.480 e. The Balaban J connectivity index is 4.32. The molecule has 0 aromatic carbocycles. The smallest absolute Gasteiger partial charge is 0.325 e. The van der Waals surface area contributed by atoms with E-state index in [9.17, 15) is 19.2 Å². The Labute approximate surface area is 110 Å². The van der Waals surface area contributed by atoms with E-state index in [0.29, 0.717) is 0 Å². The van der Waals surface area contributed by atoms with E-state index in [4.69, 9.17) is 5.11 Å². The number of hydrogen-bond donors (Lipinski definition) is 4. The van der Waals surface area contributed by atoms with Gasteiger partial charge in [-0.2, -0.15) is 0 Å². The SMILES string of the molecule is CC(=O)N[C@@H](C)C(=O)NC(C)C(=O)NC(C)C(=O)O. The van der Waals surface area contributed by atoms with Gasteiger partial charge in [0.2, 0.25) is 17.7 Å². The number of carboxylic acids is 1. The monoisotopic (exact) mass is 273 g/mol. The molecule has 0 fully saturated rings. The van der Waals surface area contributed by atoms with Gasteiger partial charge in [-0.1, -0.05) is 0 Å².